The summed E-state index contributed by atoms with van der Waals surface area (Å²) in [6, 6.07) is 25.4. The molecule has 0 aliphatic carbocycles. The summed E-state index contributed by atoms with van der Waals surface area (Å²) in [6.07, 6.45) is 2.95. The molecule has 2 aliphatic rings. The third-order valence-corrected chi connectivity index (χ3v) is 9.90. The van der Waals surface area contributed by atoms with Crippen molar-refractivity contribution in [3.63, 3.8) is 0 Å². The Morgan fingerprint density at radius 1 is 0.593 bits per heavy atom. The number of imidazole rings is 2. The molecule has 284 valence electrons. The standard InChI is InChI=1S/C42H46N6O4.2H2S/c1-41(2,3)51-39(49)47-19-7-9-35(47)37-43-31-17-15-29(23-33(31)45-37)27-13-11-26-22-28(14-12-25(26)21-27)30-16-18-32-34(24-30)46-38(44-32)36-10-8-20-48(36)40(50)52-42(4,5)6;;/h11-18,21-24,35-36H,7-10,19-20H2,1-6H3,(H,43,45)(H,44,46);2*1H2/t35-,36-;;/m0../s1. The molecule has 2 N–H and O–H groups in total. The molecule has 4 heterocycles. The van der Waals surface area contributed by atoms with Crippen molar-refractivity contribution in [3.05, 3.63) is 84.4 Å². The summed E-state index contributed by atoms with van der Waals surface area (Å²) >= 11 is 0. The number of carbonyl (C=O) groups is 2. The van der Waals surface area contributed by atoms with E-state index in [0.29, 0.717) is 13.1 Å². The molecule has 2 fully saturated rings. The number of H-pyrrole nitrogens is 2. The van der Waals surface area contributed by atoms with Gasteiger partial charge in [-0.15, -0.1) is 0 Å². The van der Waals surface area contributed by atoms with E-state index < -0.39 is 11.2 Å². The molecule has 6 aromatic rings. The maximum Gasteiger partial charge on any atom is 0.410 e. The van der Waals surface area contributed by atoms with Crippen LogP contribution < -0.4 is 0 Å². The van der Waals surface area contributed by atoms with Gasteiger partial charge in [0.15, 0.2) is 0 Å². The second-order valence-corrected chi connectivity index (χ2v) is 16.1. The molecular weight excluding hydrogens is 717 g/mol. The molecule has 2 saturated heterocycles. The fourth-order valence-electron chi connectivity index (χ4n) is 7.52. The third-order valence-electron chi connectivity index (χ3n) is 9.90. The lowest BCUT2D eigenvalue weighted by Crippen LogP contribution is -2.36. The van der Waals surface area contributed by atoms with Gasteiger partial charge >= 0.3 is 12.2 Å². The van der Waals surface area contributed by atoms with E-state index in [1.165, 1.54) is 0 Å². The molecule has 0 saturated carbocycles. The Kier molecular flexibility index (Phi) is 10.7. The van der Waals surface area contributed by atoms with Crippen LogP contribution >= 0.6 is 27.0 Å². The molecule has 2 aliphatic heterocycles. The Morgan fingerprint density at radius 3 is 1.35 bits per heavy atom. The monoisotopic (exact) mass is 766 g/mol. The predicted molar refractivity (Wildman–Crippen MR) is 225 cm³/mol. The molecule has 0 unspecified atom stereocenters. The van der Waals surface area contributed by atoms with Crippen molar-refractivity contribution in [2.45, 2.75) is 90.5 Å². The Balaban J connectivity index is 0.00000249. The van der Waals surface area contributed by atoms with E-state index in [2.05, 4.69) is 70.6 Å². The highest BCUT2D eigenvalue weighted by Gasteiger charge is 2.36. The molecule has 0 spiro atoms. The van der Waals surface area contributed by atoms with Gasteiger partial charge in [-0.1, -0.05) is 36.4 Å². The van der Waals surface area contributed by atoms with Crippen LogP contribution in [-0.2, 0) is 9.47 Å². The van der Waals surface area contributed by atoms with Gasteiger partial charge in [-0.3, -0.25) is 9.80 Å². The summed E-state index contributed by atoms with van der Waals surface area (Å²) in [7, 11) is 0. The number of benzene rings is 4. The van der Waals surface area contributed by atoms with E-state index in [9.17, 15) is 9.59 Å². The first-order valence-corrected chi connectivity index (χ1v) is 18.3. The number of aromatic nitrogens is 4. The van der Waals surface area contributed by atoms with E-state index in [-0.39, 0.29) is 51.3 Å². The van der Waals surface area contributed by atoms with Crippen molar-refractivity contribution in [2.75, 3.05) is 13.1 Å². The molecule has 0 radical (unpaired) electrons. The Bertz CT molecular complexity index is 2180. The molecule has 8 rings (SSSR count). The van der Waals surface area contributed by atoms with E-state index >= 15 is 0 Å². The number of aromatic amines is 2. The minimum Gasteiger partial charge on any atom is -0.444 e. The Labute approximate surface area is 329 Å². The molecule has 2 aromatic heterocycles. The van der Waals surface area contributed by atoms with Gasteiger partial charge in [0.1, 0.15) is 22.9 Å². The average molecular weight is 767 g/mol. The molecule has 54 heavy (non-hydrogen) atoms. The number of rotatable bonds is 4. The van der Waals surface area contributed by atoms with Crippen molar-refractivity contribution in [1.82, 2.24) is 29.7 Å². The van der Waals surface area contributed by atoms with Crippen molar-refractivity contribution in [3.8, 4) is 22.3 Å². The summed E-state index contributed by atoms with van der Waals surface area (Å²) in [5, 5.41) is 2.30. The molecule has 10 nitrogen and oxygen atoms in total. The number of carbonyl (C=O) groups excluding carboxylic acids is 2. The summed E-state index contributed by atoms with van der Waals surface area (Å²) in [4.78, 5) is 46.2. The maximum atomic E-state index is 12.9. The quantitative estimate of drug-likeness (QED) is 0.185. The first kappa shape index (κ1) is 39.0. The fourth-order valence-corrected chi connectivity index (χ4v) is 7.52. The van der Waals surface area contributed by atoms with Gasteiger partial charge in [-0.2, -0.15) is 27.0 Å². The highest BCUT2D eigenvalue weighted by Crippen LogP contribution is 2.36. The highest BCUT2D eigenvalue weighted by atomic mass is 32.1. The van der Waals surface area contributed by atoms with Crippen LogP contribution in [0.15, 0.2) is 72.8 Å². The first-order chi connectivity index (χ1) is 24.8. The van der Waals surface area contributed by atoms with E-state index in [1.807, 2.05) is 53.7 Å². The van der Waals surface area contributed by atoms with Crippen LogP contribution in [0.3, 0.4) is 0 Å². The lowest BCUT2D eigenvalue weighted by atomic mass is 9.97. The second kappa shape index (κ2) is 14.9. The van der Waals surface area contributed by atoms with Crippen LogP contribution in [0.5, 0.6) is 0 Å². The Morgan fingerprint density at radius 2 is 0.963 bits per heavy atom. The second-order valence-electron chi connectivity index (χ2n) is 16.1. The van der Waals surface area contributed by atoms with Gasteiger partial charge in [0.2, 0.25) is 0 Å². The van der Waals surface area contributed by atoms with Gasteiger partial charge < -0.3 is 19.4 Å². The van der Waals surface area contributed by atoms with Gasteiger partial charge in [-0.05, 0) is 137 Å². The van der Waals surface area contributed by atoms with Gasteiger partial charge in [0.25, 0.3) is 0 Å². The number of nitrogens with zero attached hydrogens (tertiary/aromatic N) is 4. The molecular formula is C42H50N6O4S2. The smallest absolute Gasteiger partial charge is 0.410 e. The molecule has 4 aromatic carbocycles. The number of amides is 2. The average Bonchev–Trinajstić information content (AvgIpc) is 3.90. The zero-order chi connectivity index (χ0) is 36.4. The topological polar surface area (TPSA) is 116 Å². The predicted octanol–water partition coefficient (Wildman–Crippen LogP) is 10.3. The zero-order valence-corrected chi connectivity index (χ0v) is 33.7. The van der Waals surface area contributed by atoms with Crippen LogP contribution in [0.2, 0.25) is 0 Å². The summed E-state index contributed by atoms with van der Waals surface area (Å²) < 4.78 is 11.4. The SMILES string of the molecule is CC(C)(C)OC(=O)N1CCC[C@H]1c1nc2ccc(-c3ccc4cc(-c5ccc6nc([C@@H]7CCCN7C(=O)OC(C)(C)C)[nH]c6c5)ccc4c3)cc2[nH]1.S.S. The summed E-state index contributed by atoms with van der Waals surface area (Å²) in [5.74, 6) is 1.60. The molecule has 0 bridgehead atoms. The van der Waals surface area contributed by atoms with Crippen LogP contribution in [0, 0.1) is 0 Å². The minimum atomic E-state index is -0.544. The van der Waals surface area contributed by atoms with Crippen molar-refractivity contribution < 1.29 is 19.1 Å². The van der Waals surface area contributed by atoms with Crippen LogP contribution in [0.25, 0.3) is 55.1 Å². The molecule has 2 atom stereocenters. The zero-order valence-electron chi connectivity index (χ0n) is 31.7. The van der Waals surface area contributed by atoms with Gasteiger partial charge in [0.05, 0.1) is 34.2 Å². The van der Waals surface area contributed by atoms with Crippen molar-refractivity contribution >= 4 is 72.0 Å². The number of nitrogens with one attached hydrogen (secondary N) is 2. The van der Waals surface area contributed by atoms with Crippen molar-refractivity contribution in [2.24, 2.45) is 0 Å². The lowest BCUT2D eigenvalue weighted by Gasteiger charge is -2.27. The third kappa shape index (κ3) is 7.91. The minimum absolute atomic E-state index is 0. The van der Waals surface area contributed by atoms with Crippen LogP contribution in [0.1, 0.15) is 91.0 Å². The van der Waals surface area contributed by atoms with E-state index in [1.54, 1.807) is 9.80 Å². The summed E-state index contributed by atoms with van der Waals surface area (Å²) in [6.45, 7) is 12.7. The number of hydrogen-bond donors (Lipinski definition) is 2. The first-order valence-electron chi connectivity index (χ1n) is 18.3. The fraction of sp³-hybridized carbons (Fsp3) is 0.381. The van der Waals surface area contributed by atoms with Crippen LogP contribution in [0.4, 0.5) is 9.59 Å². The maximum absolute atomic E-state index is 12.9. The largest absolute Gasteiger partial charge is 0.444 e. The number of fused-ring (bicyclic) bond motifs is 3. The number of ether oxygens (including phenoxy) is 2. The summed E-state index contributed by atoms with van der Waals surface area (Å²) in [5.41, 5.74) is 6.99. The van der Waals surface area contributed by atoms with E-state index in [0.717, 1.165) is 92.4 Å². The van der Waals surface area contributed by atoms with E-state index in [4.69, 9.17) is 19.4 Å². The Hall–Kier alpha value is -4.68. The van der Waals surface area contributed by atoms with Gasteiger partial charge in [0, 0.05) is 13.1 Å². The van der Waals surface area contributed by atoms with Gasteiger partial charge in [-0.25, -0.2) is 19.6 Å². The molecule has 2 amide bonds. The lowest BCUT2D eigenvalue weighted by molar-refractivity contribution is 0.0208. The normalized spacial score (nSPS) is 17.5. The molecule has 12 heteroatoms. The van der Waals surface area contributed by atoms with Crippen molar-refractivity contribution in [1.29, 1.82) is 0 Å². The van der Waals surface area contributed by atoms with Crippen LogP contribution in [-0.4, -0.2) is 66.2 Å². The highest BCUT2D eigenvalue weighted by molar-refractivity contribution is 7.59. The number of likely N-dealkylation sites (tertiary alicyclic amines) is 2. The number of hydrogen-bond acceptors (Lipinski definition) is 6.